The predicted molar refractivity (Wildman–Crippen MR) is 151 cm³/mol. The van der Waals surface area contributed by atoms with Crippen LogP contribution < -0.4 is 0 Å². The molecule has 4 heteroatoms. The molecular weight excluding hydrogens is 559 g/mol. The second-order valence-corrected chi connectivity index (χ2v) is 17.0. The first-order valence-electron chi connectivity index (χ1n) is 13.9. The van der Waals surface area contributed by atoms with Crippen molar-refractivity contribution in [3.05, 3.63) is 0 Å². The SMILES string of the molecule is CC1(C)C2CCC1(C)C([S-])C2.CC1(C)C2CCC1(C)C([S-])C2.CC1(C)C2CCC1(C)C([S-])C2.[Rh+3]. The maximum absolute atomic E-state index is 5.52. The van der Waals surface area contributed by atoms with Crippen LogP contribution in [0.5, 0.6) is 0 Å². The van der Waals surface area contributed by atoms with Crippen LogP contribution in [0, 0.1) is 50.2 Å². The zero-order valence-electron chi connectivity index (χ0n) is 23.4. The van der Waals surface area contributed by atoms with Gasteiger partial charge in [-0.05, 0) is 88.8 Å². The number of hydrogen-bond donors (Lipinski definition) is 0. The summed E-state index contributed by atoms with van der Waals surface area (Å²) in [6.07, 6.45) is 12.3. The molecule has 6 aliphatic carbocycles. The molecule has 0 spiro atoms. The molecule has 0 aromatic carbocycles. The summed E-state index contributed by atoms with van der Waals surface area (Å²) in [6.45, 7) is 21.7. The normalized spacial score (nSPS) is 51.9. The zero-order chi connectivity index (χ0) is 24.8. The van der Waals surface area contributed by atoms with Gasteiger partial charge in [0.15, 0.2) is 0 Å². The van der Waals surface area contributed by atoms with Crippen LogP contribution in [0.2, 0.25) is 0 Å². The number of rotatable bonds is 0. The van der Waals surface area contributed by atoms with E-state index in [1.54, 1.807) is 0 Å². The van der Waals surface area contributed by atoms with Crippen molar-refractivity contribution in [3.8, 4) is 0 Å². The second kappa shape index (κ2) is 9.40. The molecule has 0 nitrogen and oxygen atoms in total. The van der Waals surface area contributed by atoms with Crippen LogP contribution in [0.1, 0.15) is 120 Å². The van der Waals surface area contributed by atoms with Gasteiger partial charge in [-0.1, -0.05) is 81.6 Å². The Hall–Kier alpha value is 1.67. The average Bonchev–Trinajstić information content (AvgIpc) is 3.34. The Balaban J connectivity index is 0.000000141. The van der Waals surface area contributed by atoms with Gasteiger partial charge in [0.25, 0.3) is 0 Å². The Morgan fingerprint density at radius 2 is 0.647 bits per heavy atom. The molecule has 0 radical (unpaired) electrons. The second-order valence-electron chi connectivity index (χ2n) is 15.3. The average molecular weight is 611 g/mol. The van der Waals surface area contributed by atoms with E-state index in [1.165, 1.54) is 57.8 Å². The van der Waals surface area contributed by atoms with Crippen molar-refractivity contribution in [3.63, 3.8) is 0 Å². The van der Waals surface area contributed by atoms with E-state index in [0.29, 0.717) is 48.2 Å². The van der Waals surface area contributed by atoms with Gasteiger partial charge in [0, 0.05) is 0 Å². The monoisotopic (exact) mass is 610 g/mol. The fourth-order valence-electron chi connectivity index (χ4n) is 9.39. The largest absolute Gasteiger partial charge is 3.00 e. The van der Waals surface area contributed by atoms with Crippen LogP contribution in [0.3, 0.4) is 0 Å². The fourth-order valence-corrected chi connectivity index (χ4v) is 11.4. The summed E-state index contributed by atoms with van der Waals surface area (Å²) in [5.41, 5.74) is 3.02. The minimum atomic E-state index is 0. The van der Waals surface area contributed by atoms with Gasteiger partial charge in [-0.2, -0.15) is 15.7 Å². The van der Waals surface area contributed by atoms with Crippen molar-refractivity contribution in [1.29, 1.82) is 0 Å². The molecule has 0 aromatic heterocycles. The van der Waals surface area contributed by atoms with Gasteiger partial charge in [-0.25, -0.2) is 0 Å². The van der Waals surface area contributed by atoms with E-state index >= 15 is 0 Å². The van der Waals surface area contributed by atoms with Crippen LogP contribution in [-0.2, 0) is 57.4 Å². The first-order chi connectivity index (χ1) is 14.9. The quantitative estimate of drug-likeness (QED) is 0.200. The van der Waals surface area contributed by atoms with Crippen LogP contribution in [-0.4, -0.2) is 15.7 Å². The molecule has 9 atom stereocenters. The molecule has 0 aliphatic heterocycles. The Kier molecular flexibility index (Phi) is 8.35. The van der Waals surface area contributed by atoms with Gasteiger partial charge in [0.1, 0.15) is 0 Å². The van der Waals surface area contributed by atoms with Crippen LogP contribution >= 0.6 is 0 Å². The molecule has 6 aliphatic rings. The van der Waals surface area contributed by atoms with E-state index in [4.69, 9.17) is 37.9 Å². The summed E-state index contributed by atoms with van der Waals surface area (Å²) in [7, 11) is 0. The summed E-state index contributed by atoms with van der Waals surface area (Å²) in [5, 5.41) is 1.66. The third-order valence-electron chi connectivity index (χ3n) is 14.1. The molecule has 6 fully saturated rings. The van der Waals surface area contributed by atoms with Gasteiger partial charge in [-0.15, -0.1) is 0 Å². The summed E-state index contributed by atoms with van der Waals surface area (Å²) in [4.78, 5) is 0. The molecule has 0 N–H and O–H groups in total. The van der Waals surface area contributed by atoms with Crippen LogP contribution in [0.15, 0.2) is 0 Å². The predicted octanol–water partition coefficient (Wildman–Crippen LogP) is 8.24. The Morgan fingerprint density at radius 3 is 0.706 bits per heavy atom. The molecule has 0 amide bonds. The molecule has 6 rings (SSSR count). The molecule has 34 heavy (non-hydrogen) atoms. The zero-order valence-corrected chi connectivity index (χ0v) is 27.5. The summed E-state index contributed by atoms with van der Waals surface area (Å²) >= 11 is 16.5. The van der Waals surface area contributed by atoms with E-state index in [1.807, 2.05) is 0 Å². The minimum Gasteiger partial charge on any atom is -0.789 e. The molecule has 0 heterocycles. The van der Waals surface area contributed by atoms with E-state index in [-0.39, 0.29) is 19.5 Å². The van der Waals surface area contributed by atoms with E-state index in [9.17, 15) is 0 Å². The van der Waals surface area contributed by atoms with Crippen molar-refractivity contribution < 1.29 is 19.5 Å². The van der Waals surface area contributed by atoms with Crippen molar-refractivity contribution in [2.45, 2.75) is 136 Å². The van der Waals surface area contributed by atoms with Gasteiger partial charge in [0.05, 0.1) is 0 Å². The summed E-state index contributed by atoms with van der Waals surface area (Å²) < 4.78 is 0. The van der Waals surface area contributed by atoms with Crippen molar-refractivity contribution in [1.82, 2.24) is 0 Å². The molecule has 9 unspecified atom stereocenters. The van der Waals surface area contributed by atoms with Crippen molar-refractivity contribution in [2.75, 3.05) is 0 Å². The standard InChI is InChI=1S/3C10H18S.Rh/c3*1-9(2)7-4-5-10(9,3)8(11)6-7;/h3*7-8,11H,4-6H2,1-3H3;/q;;;+3/p-3. The maximum Gasteiger partial charge on any atom is 3.00 e. The molecule has 0 saturated heterocycles. The van der Waals surface area contributed by atoms with Crippen LogP contribution in [0.25, 0.3) is 0 Å². The van der Waals surface area contributed by atoms with E-state index in [0.717, 1.165) is 17.8 Å². The molecule has 6 saturated carbocycles. The first kappa shape index (κ1) is 30.2. The van der Waals surface area contributed by atoms with E-state index in [2.05, 4.69) is 62.3 Å². The first-order valence-corrected chi connectivity index (χ1v) is 15.3. The molecule has 6 bridgehead atoms. The topological polar surface area (TPSA) is 0 Å². The minimum absolute atomic E-state index is 0. The van der Waals surface area contributed by atoms with Gasteiger partial charge in [-0.3, -0.25) is 0 Å². The van der Waals surface area contributed by atoms with Gasteiger partial charge < -0.3 is 37.9 Å². The molecule has 198 valence electrons. The molecular formula is C30H51RhS3. The summed E-state index contributed by atoms with van der Waals surface area (Å²) in [5.74, 6) is 2.78. The Bertz CT molecular complexity index is 662. The fraction of sp³-hybridized carbons (Fsp3) is 1.00. The summed E-state index contributed by atoms with van der Waals surface area (Å²) in [6, 6.07) is 0. The van der Waals surface area contributed by atoms with Gasteiger partial charge >= 0.3 is 19.5 Å². The number of fused-ring (bicyclic) bond motifs is 6. The van der Waals surface area contributed by atoms with Crippen LogP contribution in [0.4, 0.5) is 0 Å². The van der Waals surface area contributed by atoms with Crippen molar-refractivity contribution >= 4 is 37.9 Å². The maximum atomic E-state index is 5.52. The third kappa shape index (κ3) is 4.01. The van der Waals surface area contributed by atoms with Gasteiger partial charge in [0.2, 0.25) is 0 Å². The molecule has 0 aromatic rings. The van der Waals surface area contributed by atoms with Crippen molar-refractivity contribution in [2.24, 2.45) is 50.2 Å². The van der Waals surface area contributed by atoms with E-state index < -0.39 is 0 Å². The number of hydrogen-bond acceptors (Lipinski definition) is 3. The Morgan fingerprint density at radius 1 is 0.441 bits per heavy atom. The third-order valence-corrected chi connectivity index (χ3v) is 16.3. The Labute approximate surface area is 242 Å². The smallest absolute Gasteiger partial charge is 0.789 e.